The van der Waals surface area contributed by atoms with Gasteiger partial charge in [0.05, 0.1) is 18.1 Å². The predicted octanol–water partition coefficient (Wildman–Crippen LogP) is 1.68. The molecule has 3 rings (SSSR count). The van der Waals surface area contributed by atoms with Crippen molar-refractivity contribution in [3.8, 4) is 0 Å². The van der Waals surface area contributed by atoms with E-state index in [0.29, 0.717) is 13.0 Å². The quantitative estimate of drug-likeness (QED) is 0.463. The fraction of sp³-hybridized carbons (Fsp3) is 0.632. The summed E-state index contributed by atoms with van der Waals surface area (Å²) in [5.41, 5.74) is 1.13. The van der Waals surface area contributed by atoms with Gasteiger partial charge in [0, 0.05) is 38.7 Å². The van der Waals surface area contributed by atoms with Gasteiger partial charge in [-0.2, -0.15) is 0 Å². The molecule has 1 aromatic rings. The zero-order valence-corrected chi connectivity index (χ0v) is 16.3. The molecule has 0 saturated carbocycles. The molecule has 0 aromatic heterocycles. The maximum atomic E-state index is 12.3. The molecular weight excluding hydrogens is 350 g/mol. The summed E-state index contributed by atoms with van der Waals surface area (Å²) < 4.78 is 30.1. The van der Waals surface area contributed by atoms with Crippen LogP contribution in [0.3, 0.4) is 0 Å². The molecule has 0 bridgehead atoms. The highest BCUT2D eigenvalue weighted by Crippen LogP contribution is 2.38. The SMILES string of the molecule is CN=C(NCCCS(=O)(=O)Cc1ccccc1)N1CCC2(CCOC2)C1. The van der Waals surface area contributed by atoms with Gasteiger partial charge in [-0.05, 0) is 24.8 Å². The molecule has 2 aliphatic heterocycles. The number of ether oxygens (including phenoxy) is 1. The molecule has 1 unspecified atom stereocenters. The van der Waals surface area contributed by atoms with E-state index in [-0.39, 0.29) is 16.9 Å². The van der Waals surface area contributed by atoms with Gasteiger partial charge in [0.25, 0.3) is 0 Å². The third-order valence-electron chi connectivity index (χ3n) is 5.28. The van der Waals surface area contributed by atoms with E-state index in [2.05, 4.69) is 15.2 Å². The molecule has 1 aromatic carbocycles. The molecule has 2 heterocycles. The number of nitrogens with zero attached hydrogens (tertiary/aromatic N) is 2. The number of hydrogen-bond acceptors (Lipinski definition) is 4. The van der Waals surface area contributed by atoms with Crippen LogP contribution < -0.4 is 5.32 Å². The molecule has 1 N–H and O–H groups in total. The molecule has 26 heavy (non-hydrogen) atoms. The first-order valence-corrected chi connectivity index (χ1v) is 11.1. The Morgan fingerprint density at radius 1 is 1.31 bits per heavy atom. The number of likely N-dealkylation sites (tertiary alicyclic amines) is 1. The Bertz CT molecular complexity index is 713. The predicted molar refractivity (Wildman–Crippen MR) is 104 cm³/mol. The van der Waals surface area contributed by atoms with Gasteiger partial charge >= 0.3 is 0 Å². The van der Waals surface area contributed by atoms with Crippen LogP contribution in [-0.2, 0) is 20.3 Å². The van der Waals surface area contributed by atoms with E-state index in [0.717, 1.165) is 50.7 Å². The number of rotatable bonds is 6. The summed E-state index contributed by atoms with van der Waals surface area (Å²) in [7, 11) is -1.30. The Labute approximate surface area is 156 Å². The van der Waals surface area contributed by atoms with Gasteiger partial charge in [0.2, 0.25) is 0 Å². The molecule has 144 valence electrons. The van der Waals surface area contributed by atoms with Crippen molar-refractivity contribution in [2.24, 2.45) is 10.4 Å². The van der Waals surface area contributed by atoms with Crippen LogP contribution in [0.25, 0.3) is 0 Å². The zero-order valence-electron chi connectivity index (χ0n) is 15.5. The highest BCUT2D eigenvalue weighted by atomic mass is 32.2. The van der Waals surface area contributed by atoms with Crippen molar-refractivity contribution in [2.45, 2.75) is 25.0 Å². The largest absolute Gasteiger partial charge is 0.381 e. The topological polar surface area (TPSA) is 71.0 Å². The minimum atomic E-state index is -3.09. The first-order valence-electron chi connectivity index (χ1n) is 9.30. The molecule has 0 radical (unpaired) electrons. The van der Waals surface area contributed by atoms with Crippen LogP contribution in [0.4, 0.5) is 0 Å². The van der Waals surface area contributed by atoms with Crippen molar-refractivity contribution in [3.05, 3.63) is 35.9 Å². The summed E-state index contributed by atoms with van der Waals surface area (Å²) in [6.07, 6.45) is 2.84. The maximum absolute atomic E-state index is 12.3. The van der Waals surface area contributed by atoms with E-state index in [4.69, 9.17) is 4.74 Å². The molecule has 6 nitrogen and oxygen atoms in total. The number of sulfone groups is 1. The number of benzene rings is 1. The van der Waals surface area contributed by atoms with Gasteiger partial charge in [-0.15, -0.1) is 0 Å². The van der Waals surface area contributed by atoms with E-state index in [1.54, 1.807) is 7.05 Å². The molecule has 0 amide bonds. The first-order chi connectivity index (χ1) is 12.5. The molecule has 2 saturated heterocycles. The van der Waals surface area contributed by atoms with Crippen molar-refractivity contribution in [1.29, 1.82) is 0 Å². The van der Waals surface area contributed by atoms with Crippen molar-refractivity contribution in [3.63, 3.8) is 0 Å². The van der Waals surface area contributed by atoms with Crippen LogP contribution in [-0.4, -0.2) is 64.9 Å². The van der Waals surface area contributed by atoms with Crippen LogP contribution in [0.1, 0.15) is 24.8 Å². The lowest BCUT2D eigenvalue weighted by Crippen LogP contribution is -2.42. The average Bonchev–Trinajstić information content (AvgIpc) is 3.26. The maximum Gasteiger partial charge on any atom is 0.193 e. The Morgan fingerprint density at radius 2 is 2.12 bits per heavy atom. The lowest BCUT2D eigenvalue weighted by Gasteiger charge is -2.24. The van der Waals surface area contributed by atoms with Gasteiger partial charge in [-0.25, -0.2) is 8.42 Å². The van der Waals surface area contributed by atoms with E-state index < -0.39 is 9.84 Å². The summed E-state index contributed by atoms with van der Waals surface area (Å²) in [6.45, 7) is 4.27. The van der Waals surface area contributed by atoms with E-state index in [1.807, 2.05) is 30.3 Å². The fourth-order valence-corrected chi connectivity index (χ4v) is 5.24. The highest BCUT2D eigenvalue weighted by Gasteiger charge is 2.42. The second kappa shape index (κ2) is 8.39. The van der Waals surface area contributed by atoms with Gasteiger partial charge in [0.1, 0.15) is 0 Å². The van der Waals surface area contributed by atoms with Gasteiger partial charge in [-0.1, -0.05) is 30.3 Å². The lowest BCUT2D eigenvalue weighted by molar-refractivity contribution is 0.156. The average molecular weight is 380 g/mol. The summed E-state index contributed by atoms with van der Waals surface area (Å²) >= 11 is 0. The molecule has 2 fully saturated rings. The second-order valence-corrected chi connectivity index (χ2v) is 9.56. The zero-order chi connectivity index (χ0) is 18.5. The summed E-state index contributed by atoms with van der Waals surface area (Å²) in [5, 5.41) is 3.32. The van der Waals surface area contributed by atoms with Gasteiger partial charge in [-0.3, -0.25) is 4.99 Å². The van der Waals surface area contributed by atoms with Crippen molar-refractivity contribution in [1.82, 2.24) is 10.2 Å². The third-order valence-corrected chi connectivity index (χ3v) is 6.96. The monoisotopic (exact) mass is 379 g/mol. The molecule has 2 aliphatic rings. The second-order valence-electron chi connectivity index (χ2n) is 7.38. The highest BCUT2D eigenvalue weighted by molar-refractivity contribution is 7.90. The van der Waals surface area contributed by atoms with Crippen molar-refractivity contribution < 1.29 is 13.2 Å². The normalized spacial score (nSPS) is 23.7. The standard InChI is InChI=1S/C19H29N3O3S/c1-20-18(22-11-8-19(15-22)9-12-25-16-19)21-10-5-13-26(23,24)14-17-6-3-2-4-7-17/h2-4,6-7H,5,8-16H2,1H3,(H,20,21). The smallest absolute Gasteiger partial charge is 0.193 e. The van der Waals surface area contributed by atoms with Gasteiger partial charge in [0.15, 0.2) is 15.8 Å². The summed E-state index contributed by atoms with van der Waals surface area (Å²) in [6, 6.07) is 9.34. The molecule has 7 heteroatoms. The van der Waals surface area contributed by atoms with E-state index in [1.165, 1.54) is 0 Å². The van der Waals surface area contributed by atoms with Crippen LogP contribution in [0.2, 0.25) is 0 Å². The Kier molecular flexibility index (Phi) is 6.19. The van der Waals surface area contributed by atoms with E-state index in [9.17, 15) is 8.42 Å². The number of aliphatic imine (C=N–C) groups is 1. The van der Waals surface area contributed by atoms with Crippen LogP contribution >= 0.6 is 0 Å². The number of guanidine groups is 1. The Morgan fingerprint density at radius 3 is 2.81 bits per heavy atom. The van der Waals surface area contributed by atoms with Crippen LogP contribution in [0.5, 0.6) is 0 Å². The molecule has 1 atom stereocenters. The lowest BCUT2D eigenvalue weighted by atomic mass is 9.87. The van der Waals surface area contributed by atoms with Crippen LogP contribution in [0.15, 0.2) is 35.3 Å². The minimum absolute atomic E-state index is 0.108. The van der Waals surface area contributed by atoms with Crippen molar-refractivity contribution in [2.75, 3.05) is 45.6 Å². The molecular formula is C19H29N3O3S. The summed E-state index contributed by atoms with van der Waals surface area (Å²) in [4.78, 5) is 6.64. The Hall–Kier alpha value is -1.60. The number of nitrogens with one attached hydrogen (secondary N) is 1. The molecule has 0 aliphatic carbocycles. The first kappa shape index (κ1) is 19.2. The molecule has 1 spiro atoms. The number of hydrogen-bond donors (Lipinski definition) is 1. The minimum Gasteiger partial charge on any atom is -0.381 e. The Balaban J connectivity index is 1.42. The van der Waals surface area contributed by atoms with Crippen molar-refractivity contribution >= 4 is 15.8 Å². The van der Waals surface area contributed by atoms with Gasteiger partial charge < -0.3 is 15.0 Å². The third kappa shape index (κ3) is 4.98. The fourth-order valence-electron chi connectivity index (χ4n) is 3.81. The summed E-state index contributed by atoms with van der Waals surface area (Å²) in [5.74, 6) is 1.16. The van der Waals surface area contributed by atoms with E-state index >= 15 is 0 Å². The van der Waals surface area contributed by atoms with Crippen LogP contribution in [0, 0.1) is 5.41 Å².